The molecular weight excluding hydrogens is 274 g/mol. The van der Waals surface area contributed by atoms with Gasteiger partial charge in [0.25, 0.3) is 0 Å². The molecule has 1 saturated heterocycles. The Morgan fingerprint density at radius 1 is 1.18 bits per heavy atom. The van der Waals surface area contributed by atoms with Crippen LogP contribution in [0.15, 0.2) is 30.3 Å². The standard InChI is InChI=1S/C18H29N3O/c1-4-17(16-8-6-5-7-9-16)18(22)19-14-15(2)21-12-10-20(3)11-13-21/h5-9,15,17H,4,10-14H2,1-3H3,(H,19,22)/t15-,17+/m1/s1. The zero-order valence-electron chi connectivity index (χ0n) is 14.1. The molecule has 4 nitrogen and oxygen atoms in total. The van der Waals surface area contributed by atoms with Crippen LogP contribution in [0.1, 0.15) is 31.7 Å². The van der Waals surface area contributed by atoms with E-state index >= 15 is 0 Å². The second-order valence-corrected chi connectivity index (χ2v) is 6.30. The average molecular weight is 303 g/mol. The molecule has 1 heterocycles. The van der Waals surface area contributed by atoms with Gasteiger partial charge in [0.1, 0.15) is 0 Å². The number of benzene rings is 1. The van der Waals surface area contributed by atoms with Gasteiger partial charge in [0.15, 0.2) is 0 Å². The van der Waals surface area contributed by atoms with Crippen molar-refractivity contribution < 1.29 is 4.79 Å². The number of carbonyl (C=O) groups excluding carboxylic acids is 1. The number of nitrogens with one attached hydrogen (secondary N) is 1. The predicted molar refractivity (Wildman–Crippen MR) is 91.0 cm³/mol. The van der Waals surface area contributed by atoms with E-state index in [-0.39, 0.29) is 11.8 Å². The first-order chi connectivity index (χ1) is 10.6. The second-order valence-electron chi connectivity index (χ2n) is 6.30. The molecule has 0 unspecified atom stereocenters. The van der Waals surface area contributed by atoms with Crippen LogP contribution < -0.4 is 5.32 Å². The third-order valence-corrected chi connectivity index (χ3v) is 4.66. The molecule has 1 aliphatic rings. The smallest absolute Gasteiger partial charge is 0.227 e. The van der Waals surface area contributed by atoms with Gasteiger partial charge in [-0.05, 0) is 26.0 Å². The van der Waals surface area contributed by atoms with Crippen LogP contribution in [-0.2, 0) is 4.79 Å². The zero-order valence-corrected chi connectivity index (χ0v) is 14.1. The number of hydrogen-bond donors (Lipinski definition) is 1. The fraction of sp³-hybridized carbons (Fsp3) is 0.611. The Kier molecular flexibility index (Phi) is 6.40. The highest BCUT2D eigenvalue weighted by atomic mass is 16.1. The Labute approximate surface area is 134 Å². The molecule has 1 aromatic rings. The van der Waals surface area contributed by atoms with Crippen molar-refractivity contribution in [2.24, 2.45) is 0 Å². The molecular formula is C18H29N3O. The van der Waals surface area contributed by atoms with Gasteiger partial charge >= 0.3 is 0 Å². The Morgan fingerprint density at radius 3 is 2.41 bits per heavy atom. The molecule has 1 aromatic carbocycles. The highest BCUT2D eigenvalue weighted by Crippen LogP contribution is 2.19. The van der Waals surface area contributed by atoms with Crippen molar-refractivity contribution in [2.45, 2.75) is 32.2 Å². The number of carbonyl (C=O) groups is 1. The highest BCUT2D eigenvalue weighted by molar-refractivity contribution is 5.83. The number of amides is 1. The lowest BCUT2D eigenvalue weighted by Crippen LogP contribution is -2.51. The summed E-state index contributed by atoms with van der Waals surface area (Å²) in [5.41, 5.74) is 1.11. The van der Waals surface area contributed by atoms with E-state index in [2.05, 4.69) is 36.0 Å². The number of hydrogen-bond acceptors (Lipinski definition) is 3. The van der Waals surface area contributed by atoms with Crippen LogP contribution in [0.4, 0.5) is 0 Å². The van der Waals surface area contributed by atoms with Gasteiger partial charge in [-0.25, -0.2) is 0 Å². The van der Waals surface area contributed by atoms with Crippen molar-refractivity contribution in [2.75, 3.05) is 39.8 Å². The molecule has 0 saturated carbocycles. The molecule has 0 aromatic heterocycles. The van der Waals surface area contributed by atoms with Crippen LogP contribution in [0.3, 0.4) is 0 Å². The molecule has 4 heteroatoms. The van der Waals surface area contributed by atoms with Crippen molar-refractivity contribution in [3.8, 4) is 0 Å². The quantitative estimate of drug-likeness (QED) is 0.872. The highest BCUT2D eigenvalue weighted by Gasteiger charge is 2.22. The molecule has 0 radical (unpaired) electrons. The van der Waals surface area contributed by atoms with Gasteiger partial charge in [0, 0.05) is 38.8 Å². The van der Waals surface area contributed by atoms with Crippen LogP contribution in [0.5, 0.6) is 0 Å². The van der Waals surface area contributed by atoms with Crippen LogP contribution in [-0.4, -0.2) is 61.5 Å². The normalized spacial score (nSPS) is 19.6. The summed E-state index contributed by atoms with van der Waals surface area (Å²) >= 11 is 0. The van der Waals surface area contributed by atoms with Gasteiger partial charge in [0.2, 0.25) is 5.91 Å². The van der Waals surface area contributed by atoms with E-state index < -0.39 is 0 Å². The minimum atomic E-state index is -0.0408. The van der Waals surface area contributed by atoms with E-state index in [0.29, 0.717) is 6.04 Å². The first kappa shape index (κ1) is 17.0. The van der Waals surface area contributed by atoms with Gasteiger partial charge in [-0.15, -0.1) is 0 Å². The molecule has 0 aliphatic carbocycles. The van der Waals surface area contributed by atoms with Gasteiger partial charge in [0.05, 0.1) is 5.92 Å². The Morgan fingerprint density at radius 2 is 1.82 bits per heavy atom. The number of rotatable bonds is 6. The minimum absolute atomic E-state index is 0.0408. The lowest BCUT2D eigenvalue weighted by molar-refractivity contribution is -0.122. The topological polar surface area (TPSA) is 35.6 Å². The molecule has 2 atom stereocenters. The van der Waals surface area contributed by atoms with Crippen molar-refractivity contribution in [1.29, 1.82) is 0 Å². The monoisotopic (exact) mass is 303 g/mol. The maximum atomic E-state index is 12.5. The second kappa shape index (κ2) is 8.30. The fourth-order valence-electron chi connectivity index (χ4n) is 3.02. The Hall–Kier alpha value is -1.39. The van der Waals surface area contributed by atoms with Crippen LogP contribution >= 0.6 is 0 Å². The number of likely N-dealkylation sites (N-methyl/N-ethyl adjacent to an activating group) is 1. The van der Waals surface area contributed by atoms with Gasteiger partial charge in [-0.3, -0.25) is 9.69 Å². The summed E-state index contributed by atoms with van der Waals surface area (Å²) in [5.74, 6) is 0.107. The third kappa shape index (κ3) is 4.55. The summed E-state index contributed by atoms with van der Waals surface area (Å²) in [7, 11) is 2.16. The molecule has 22 heavy (non-hydrogen) atoms. The molecule has 2 rings (SSSR count). The summed E-state index contributed by atoms with van der Waals surface area (Å²) in [6.45, 7) is 9.40. The van der Waals surface area contributed by atoms with Crippen LogP contribution in [0, 0.1) is 0 Å². The number of piperazine rings is 1. The largest absolute Gasteiger partial charge is 0.354 e. The van der Waals surface area contributed by atoms with Crippen LogP contribution in [0.2, 0.25) is 0 Å². The maximum Gasteiger partial charge on any atom is 0.227 e. The van der Waals surface area contributed by atoms with E-state index in [1.165, 1.54) is 0 Å². The summed E-state index contributed by atoms with van der Waals surface area (Å²) in [6.07, 6.45) is 0.832. The maximum absolute atomic E-state index is 12.5. The summed E-state index contributed by atoms with van der Waals surface area (Å²) in [6, 6.07) is 10.5. The van der Waals surface area contributed by atoms with E-state index in [1.807, 2.05) is 30.3 Å². The summed E-state index contributed by atoms with van der Waals surface area (Å²) in [5, 5.41) is 3.15. The minimum Gasteiger partial charge on any atom is -0.354 e. The lowest BCUT2D eigenvalue weighted by atomic mass is 9.95. The predicted octanol–water partition coefficient (Wildman–Crippen LogP) is 1.93. The first-order valence-electron chi connectivity index (χ1n) is 8.37. The van der Waals surface area contributed by atoms with Crippen molar-refractivity contribution in [1.82, 2.24) is 15.1 Å². The van der Waals surface area contributed by atoms with Gasteiger partial charge in [-0.1, -0.05) is 37.3 Å². The molecule has 1 fully saturated rings. The SMILES string of the molecule is CC[C@H](C(=O)NC[C@@H](C)N1CCN(C)CC1)c1ccccc1. The fourth-order valence-corrected chi connectivity index (χ4v) is 3.02. The van der Waals surface area contributed by atoms with Crippen molar-refractivity contribution in [3.63, 3.8) is 0 Å². The summed E-state index contributed by atoms with van der Waals surface area (Å²) in [4.78, 5) is 17.3. The van der Waals surface area contributed by atoms with Gasteiger partial charge < -0.3 is 10.2 Å². The molecule has 1 amide bonds. The van der Waals surface area contributed by atoms with E-state index in [1.54, 1.807) is 0 Å². The first-order valence-corrected chi connectivity index (χ1v) is 8.37. The zero-order chi connectivity index (χ0) is 15.9. The Bertz CT molecular complexity index is 455. The molecule has 0 bridgehead atoms. The Balaban J connectivity index is 1.83. The average Bonchev–Trinajstić information content (AvgIpc) is 2.55. The molecule has 0 spiro atoms. The third-order valence-electron chi connectivity index (χ3n) is 4.66. The summed E-state index contributed by atoms with van der Waals surface area (Å²) < 4.78 is 0. The molecule has 1 aliphatic heterocycles. The molecule has 1 N–H and O–H groups in total. The lowest BCUT2D eigenvalue weighted by Gasteiger charge is -2.36. The van der Waals surface area contributed by atoms with Crippen molar-refractivity contribution >= 4 is 5.91 Å². The van der Waals surface area contributed by atoms with Crippen molar-refractivity contribution in [3.05, 3.63) is 35.9 Å². The van der Waals surface area contributed by atoms with E-state index in [4.69, 9.17) is 0 Å². The van der Waals surface area contributed by atoms with Gasteiger partial charge in [-0.2, -0.15) is 0 Å². The van der Waals surface area contributed by atoms with E-state index in [0.717, 1.165) is 44.7 Å². The molecule has 122 valence electrons. The van der Waals surface area contributed by atoms with Crippen LogP contribution in [0.25, 0.3) is 0 Å². The number of nitrogens with zero attached hydrogens (tertiary/aromatic N) is 2. The van der Waals surface area contributed by atoms with E-state index in [9.17, 15) is 4.79 Å².